The molecule has 8 heteroatoms. The van der Waals surface area contributed by atoms with Crippen LogP contribution in [0.1, 0.15) is 28.8 Å². The molecule has 2 aromatic rings. The van der Waals surface area contributed by atoms with Crippen molar-refractivity contribution in [3.05, 3.63) is 54.0 Å². The number of furan rings is 1. The molecule has 0 spiro atoms. The van der Waals surface area contributed by atoms with Crippen LogP contribution in [-0.4, -0.2) is 55.4 Å². The van der Waals surface area contributed by atoms with Gasteiger partial charge in [-0.2, -0.15) is 0 Å². The summed E-state index contributed by atoms with van der Waals surface area (Å²) in [7, 11) is 1.59. The van der Waals surface area contributed by atoms with Crippen LogP contribution in [0, 0.1) is 0 Å². The monoisotopic (exact) mass is 399 g/mol. The number of rotatable bonds is 7. The predicted molar refractivity (Wildman–Crippen MR) is 105 cm³/mol. The maximum absolute atomic E-state index is 12.6. The van der Waals surface area contributed by atoms with Crippen molar-refractivity contribution in [1.82, 2.24) is 15.5 Å². The number of piperidine rings is 1. The molecule has 0 saturated carbocycles. The van der Waals surface area contributed by atoms with E-state index in [4.69, 9.17) is 9.15 Å². The SMILES string of the molecule is COc1ccccc1CC(=O)N1CCC(NC(=O)CNC(=O)c2ccoc2)CC1. The number of hydrogen-bond donors (Lipinski definition) is 2. The van der Waals surface area contributed by atoms with E-state index in [9.17, 15) is 14.4 Å². The Morgan fingerprint density at radius 3 is 2.62 bits per heavy atom. The maximum atomic E-state index is 12.6. The van der Waals surface area contributed by atoms with Crippen molar-refractivity contribution < 1.29 is 23.5 Å². The first-order valence-electron chi connectivity index (χ1n) is 9.56. The summed E-state index contributed by atoms with van der Waals surface area (Å²) in [6, 6.07) is 9.02. The van der Waals surface area contributed by atoms with Crippen LogP contribution in [0.2, 0.25) is 0 Å². The van der Waals surface area contributed by atoms with Gasteiger partial charge in [-0.25, -0.2) is 0 Å². The molecule has 2 N–H and O–H groups in total. The van der Waals surface area contributed by atoms with E-state index in [0.717, 1.165) is 5.56 Å². The number of benzene rings is 1. The van der Waals surface area contributed by atoms with Gasteiger partial charge in [-0.3, -0.25) is 14.4 Å². The van der Waals surface area contributed by atoms with Crippen LogP contribution in [0.15, 0.2) is 47.3 Å². The summed E-state index contributed by atoms with van der Waals surface area (Å²) >= 11 is 0. The number of methoxy groups -OCH3 is 1. The summed E-state index contributed by atoms with van der Waals surface area (Å²) < 4.78 is 10.1. The molecule has 0 bridgehead atoms. The lowest BCUT2D eigenvalue weighted by Crippen LogP contribution is -2.49. The van der Waals surface area contributed by atoms with Crippen LogP contribution in [0.4, 0.5) is 0 Å². The minimum atomic E-state index is -0.356. The number of carbonyl (C=O) groups is 3. The number of amides is 3. The predicted octanol–water partition coefficient (Wildman–Crippen LogP) is 1.37. The van der Waals surface area contributed by atoms with Gasteiger partial charge in [-0.05, 0) is 25.0 Å². The molecule has 1 aromatic carbocycles. The molecule has 3 rings (SSSR count). The molecule has 1 fully saturated rings. The van der Waals surface area contributed by atoms with Gasteiger partial charge in [0, 0.05) is 24.7 Å². The van der Waals surface area contributed by atoms with Crippen molar-refractivity contribution in [2.45, 2.75) is 25.3 Å². The van der Waals surface area contributed by atoms with Gasteiger partial charge in [0.1, 0.15) is 12.0 Å². The Morgan fingerprint density at radius 1 is 1.17 bits per heavy atom. The largest absolute Gasteiger partial charge is 0.496 e. The number of likely N-dealkylation sites (tertiary alicyclic amines) is 1. The van der Waals surface area contributed by atoms with Crippen molar-refractivity contribution >= 4 is 17.7 Å². The third-order valence-electron chi connectivity index (χ3n) is 4.94. The van der Waals surface area contributed by atoms with Crippen molar-refractivity contribution in [2.24, 2.45) is 0 Å². The van der Waals surface area contributed by atoms with Gasteiger partial charge in [0.05, 0.1) is 31.9 Å². The minimum absolute atomic E-state index is 0.0105. The zero-order valence-corrected chi connectivity index (χ0v) is 16.3. The van der Waals surface area contributed by atoms with Crippen molar-refractivity contribution in [3.8, 4) is 5.75 Å². The highest BCUT2D eigenvalue weighted by Crippen LogP contribution is 2.19. The van der Waals surface area contributed by atoms with Crippen LogP contribution < -0.4 is 15.4 Å². The molecule has 8 nitrogen and oxygen atoms in total. The van der Waals surface area contributed by atoms with Crippen LogP contribution in [0.5, 0.6) is 5.75 Å². The minimum Gasteiger partial charge on any atom is -0.496 e. The second kappa shape index (κ2) is 9.77. The summed E-state index contributed by atoms with van der Waals surface area (Å²) in [4.78, 5) is 38.3. The third-order valence-corrected chi connectivity index (χ3v) is 4.94. The Kier molecular flexibility index (Phi) is 6.89. The lowest BCUT2D eigenvalue weighted by atomic mass is 10.0. The second-order valence-corrected chi connectivity index (χ2v) is 6.91. The van der Waals surface area contributed by atoms with Crippen molar-refractivity contribution in [1.29, 1.82) is 0 Å². The molecular formula is C21H25N3O5. The van der Waals surface area contributed by atoms with Crippen LogP contribution >= 0.6 is 0 Å². The van der Waals surface area contributed by atoms with Crippen LogP contribution in [-0.2, 0) is 16.0 Å². The number of nitrogens with zero attached hydrogens (tertiary/aromatic N) is 1. The molecule has 0 aliphatic carbocycles. The van der Waals surface area contributed by atoms with Gasteiger partial charge in [-0.15, -0.1) is 0 Å². The molecule has 1 aliphatic heterocycles. The molecular weight excluding hydrogens is 374 g/mol. The molecule has 154 valence electrons. The first-order chi connectivity index (χ1) is 14.1. The van der Waals surface area contributed by atoms with Gasteiger partial charge in [0.25, 0.3) is 5.91 Å². The van der Waals surface area contributed by atoms with Gasteiger partial charge < -0.3 is 24.7 Å². The Hall–Kier alpha value is -3.29. The standard InChI is InChI=1S/C21H25N3O5/c1-28-18-5-3-2-4-15(18)12-20(26)24-9-6-17(7-10-24)23-19(25)13-22-21(27)16-8-11-29-14-16/h2-5,8,11,14,17H,6-7,9-10,12-13H2,1H3,(H,22,27)(H,23,25). The van der Waals surface area contributed by atoms with Crippen LogP contribution in [0.3, 0.4) is 0 Å². The average Bonchev–Trinajstić information content (AvgIpc) is 3.28. The van der Waals surface area contributed by atoms with E-state index in [0.29, 0.717) is 43.7 Å². The fourth-order valence-electron chi connectivity index (χ4n) is 3.33. The Morgan fingerprint density at radius 2 is 1.93 bits per heavy atom. The van der Waals surface area contributed by atoms with Crippen molar-refractivity contribution in [3.63, 3.8) is 0 Å². The fourth-order valence-corrected chi connectivity index (χ4v) is 3.33. The first kappa shape index (κ1) is 20.4. The van der Waals surface area contributed by atoms with E-state index in [2.05, 4.69) is 10.6 Å². The van der Waals surface area contributed by atoms with Crippen LogP contribution in [0.25, 0.3) is 0 Å². The Balaban J connectivity index is 1.40. The van der Waals surface area contributed by atoms with Gasteiger partial charge in [0.15, 0.2) is 0 Å². The highest BCUT2D eigenvalue weighted by atomic mass is 16.5. The zero-order chi connectivity index (χ0) is 20.6. The van der Waals surface area contributed by atoms with Gasteiger partial charge in [0.2, 0.25) is 11.8 Å². The van der Waals surface area contributed by atoms with E-state index in [1.165, 1.54) is 18.6 Å². The number of nitrogens with one attached hydrogen (secondary N) is 2. The smallest absolute Gasteiger partial charge is 0.254 e. The third kappa shape index (κ3) is 5.60. The average molecular weight is 399 g/mol. The molecule has 0 atom stereocenters. The molecule has 3 amide bonds. The molecule has 1 saturated heterocycles. The quantitative estimate of drug-likeness (QED) is 0.732. The first-order valence-corrected chi connectivity index (χ1v) is 9.56. The molecule has 1 aromatic heterocycles. The highest BCUT2D eigenvalue weighted by molar-refractivity contribution is 5.96. The second-order valence-electron chi connectivity index (χ2n) is 6.91. The zero-order valence-electron chi connectivity index (χ0n) is 16.3. The topological polar surface area (TPSA) is 101 Å². The highest BCUT2D eigenvalue weighted by Gasteiger charge is 2.24. The summed E-state index contributed by atoms with van der Waals surface area (Å²) in [5.74, 6) is 0.151. The summed E-state index contributed by atoms with van der Waals surface area (Å²) in [6.07, 6.45) is 4.38. The summed E-state index contributed by atoms with van der Waals surface area (Å²) in [5.41, 5.74) is 1.24. The van der Waals surface area contributed by atoms with Crippen molar-refractivity contribution in [2.75, 3.05) is 26.7 Å². The molecule has 29 heavy (non-hydrogen) atoms. The molecule has 2 heterocycles. The number of para-hydroxylation sites is 1. The number of hydrogen-bond acceptors (Lipinski definition) is 5. The normalized spacial score (nSPS) is 14.3. The number of ether oxygens (including phenoxy) is 1. The molecule has 1 aliphatic rings. The molecule has 0 unspecified atom stereocenters. The Labute approximate surface area is 169 Å². The summed E-state index contributed by atoms with van der Waals surface area (Å²) in [5, 5.41) is 5.46. The number of carbonyl (C=O) groups excluding carboxylic acids is 3. The van der Waals surface area contributed by atoms with Gasteiger partial charge >= 0.3 is 0 Å². The van der Waals surface area contributed by atoms with E-state index in [1.54, 1.807) is 7.11 Å². The van der Waals surface area contributed by atoms with E-state index in [-0.39, 0.29) is 30.3 Å². The summed E-state index contributed by atoms with van der Waals surface area (Å²) in [6.45, 7) is 1.07. The van der Waals surface area contributed by atoms with E-state index in [1.807, 2.05) is 29.2 Å². The van der Waals surface area contributed by atoms with Gasteiger partial charge in [-0.1, -0.05) is 18.2 Å². The maximum Gasteiger partial charge on any atom is 0.254 e. The fraction of sp³-hybridized carbons (Fsp3) is 0.381. The van der Waals surface area contributed by atoms with E-state index >= 15 is 0 Å². The lowest BCUT2D eigenvalue weighted by Gasteiger charge is -2.32. The van der Waals surface area contributed by atoms with E-state index < -0.39 is 0 Å². The molecule has 0 radical (unpaired) electrons. The Bertz CT molecular complexity index is 842. The lowest BCUT2D eigenvalue weighted by molar-refractivity contribution is -0.131.